The number of aryl methyl sites for hydroxylation is 1. The molecule has 0 atom stereocenters. The third-order valence-corrected chi connectivity index (χ3v) is 12.0. The van der Waals surface area contributed by atoms with Crippen molar-refractivity contribution in [2.45, 2.75) is 12.8 Å². The number of thiophene rings is 2. The predicted molar refractivity (Wildman–Crippen MR) is 213 cm³/mol. The third kappa shape index (κ3) is 5.06. The summed E-state index contributed by atoms with van der Waals surface area (Å²) in [6, 6.07) is 49.5. The Balaban J connectivity index is 1.21. The molecule has 3 heterocycles. The number of fused-ring (bicyclic) bond motifs is 6. The van der Waals surface area contributed by atoms with E-state index in [0.717, 1.165) is 40.7 Å². The molecule has 1 aliphatic carbocycles. The molecule has 0 saturated carbocycles. The van der Waals surface area contributed by atoms with Crippen LogP contribution >= 0.6 is 22.7 Å². The molecule has 0 spiro atoms. The molecule has 3 nitrogen and oxygen atoms in total. The van der Waals surface area contributed by atoms with Crippen LogP contribution in [0.3, 0.4) is 0 Å². The number of nitrogens with zero attached hydrogens (tertiary/aromatic N) is 3. The van der Waals surface area contributed by atoms with Crippen molar-refractivity contribution in [3.63, 3.8) is 0 Å². The fourth-order valence-electron chi connectivity index (χ4n) is 7.11. The summed E-state index contributed by atoms with van der Waals surface area (Å²) in [5.74, 6) is 1.99. The maximum absolute atomic E-state index is 5.22. The summed E-state index contributed by atoms with van der Waals surface area (Å²) in [5, 5.41) is 3.87. The third-order valence-electron chi connectivity index (χ3n) is 9.57. The molecule has 6 aromatic carbocycles. The van der Waals surface area contributed by atoms with Crippen LogP contribution < -0.4 is 0 Å². The Morgan fingerprint density at radius 3 is 1.94 bits per heavy atom. The van der Waals surface area contributed by atoms with Crippen LogP contribution in [-0.4, -0.2) is 15.0 Å². The lowest BCUT2D eigenvalue weighted by Crippen LogP contribution is -2.00. The number of hydrogen-bond acceptors (Lipinski definition) is 5. The van der Waals surface area contributed by atoms with Crippen LogP contribution in [0, 0.1) is 0 Å². The second-order valence-electron chi connectivity index (χ2n) is 12.7. The second-order valence-corrected chi connectivity index (χ2v) is 14.9. The molecular formula is C45H29N3S2. The first kappa shape index (κ1) is 29.2. The highest BCUT2D eigenvalue weighted by molar-refractivity contribution is 7.25. The Morgan fingerprint density at radius 1 is 0.440 bits per heavy atom. The van der Waals surface area contributed by atoms with E-state index in [0.29, 0.717) is 17.5 Å². The Hall–Kier alpha value is -5.75. The number of aromatic nitrogens is 3. The number of hydrogen-bond donors (Lipinski definition) is 0. The van der Waals surface area contributed by atoms with E-state index >= 15 is 0 Å². The summed E-state index contributed by atoms with van der Waals surface area (Å²) in [6.07, 6.45) is 6.76. The van der Waals surface area contributed by atoms with E-state index in [1.165, 1.54) is 51.8 Å². The molecule has 0 fully saturated rings. The van der Waals surface area contributed by atoms with Crippen molar-refractivity contribution in [2.24, 2.45) is 0 Å². The van der Waals surface area contributed by atoms with Gasteiger partial charge in [-0.15, -0.1) is 22.7 Å². The molecule has 9 aromatic rings. The quantitative estimate of drug-likeness (QED) is 0.182. The van der Waals surface area contributed by atoms with E-state index in [-0.39, 0.29) is 0 Å². The van der Waals surface area contributed by atoms with Crippen molar-refractivity contribution in [1.29, 1.82) is 0 Å². The topological polar surface area (TPSA) is 38.7 Å². The molecule has 0 radical (unpaired) electrons. The molecule has 0 bridgehead atoms. The average molecular weight is 676 g/mol. The zero-order valence-electron chi connectivity index (χ0n) is 27.0. The maximum atomic E-state index is 5.22. The molecule has 0 unspecified atom stereocenters. The van der Waals surface area contributed by atoms with E-state index < -0.39 is 0 Å². The highest BCUT2D eigenvalue weighted by atomic mass is 32.1. The minimum absolute atomic E-state index is 0.659. The Morgan fingerprint density at radius 2 is 1.10 bits per heavy atom. The van der Waals surface area contributed by atoms with Crippen molar-refractivity contribution >= 4 is 59.0 Å². The van der Waals surface area contributed by atoms with E-state index in [4.69, 9.17) is 15.0 Å². The SMILES string of the molecule is C1=Cc2c(sc3c(-c4ccc5sc6ccccc6c5c4)cc(-c4nc(-c5ccccc5)nc(-c5cccc(-c6ccccc6)c5)n4)cc23)CC1. The molecule has 0 aliphatic heterocycles. The van der Waals surface area contributed by atoms with Crippen LogP contribution in [0.15, 0.2) is 146 Å². The van der Waals surface area contributed by atoms with Gasteiger partial charge in [-0.2, -0.15) is 0 Å². The van der Waals surface area contributed by atoms with Gasteiger partial charge in [0.2, 0.25) is 0 Å². The molecule has 50 heavy (non-hydrogen) atoms. The lowest BCUT2D eigenvalue weighted by molar-refractivity contribution is 1.02. The minimum atomic E-state index is 0.659. The van der Waals surface area contributed by atoms with E-state index in [2.05, 4.69) is 127 Å². The zero-order chi connectivity index (χ0) is 33.0. The maximum Gasteiger partial charge on any atom is 0.164 e. The Bertz CT molecular complexity index is 2760. The summed E-state index contributed by atoms with van der Waals surface area (Å²) in [7, 11) is 0. The van der Waals surface area contributed by atoms with Crippen molar-refractivity contribution in [3.05, 3.63) is 156 Å². The second kappa shape index (κ2) is 12.0. The fourth-order valence-corrected chi connectivity index (χ4v) is 9.51. The summed E-state index contributed by atoms with van der Waals surface area (Å²) in [4.78, 5) is 16.9. The highest BCUT2D eigenvalue weighted by Crippen LogP contribution is 2.45. The van der Waals surface area contributed by atoms with E-state index in [1.54, 1.807) is 0 Å². The van der Waals surface area contributed by atoms with Gasteiger partial charge in [-0.3, -0.25) is 0 Å². The van der Waals surface area contributed by atoms with Crippen LogP contribution in [0.4, 0.5) is 0 Å². The van der Waals surface area contributed by atoms with E-state index in [9.17, 15) is 0 Å². The predicted octanol–water partition coefficient (Wildman–Crippen LogP) is 12.7. The molecule has 1 aliphatic rings. The van der Waals surface area contributed by atoms with Gasteiger partial charge in [0.15, 0.2) is 17.5 Å². The van der Waals surface area contributed by atoms with Crippen LogP contribution in [-0.2, 0) is 6.42 Å². The van der Waals surface area contributed by atoms with Gasteiger partial charge in [0, 0.05) is 57.4 Å². The summed E-state index contributed by atoms with van der Waals surface area (Å²) in [6.45, 7) is 0. The number of allylic oxidation sites excluding steroid dienone is 1. The standard InChI is InChI=1S/C45H29N3S2/c1-3-12-28(13-4-1)30-16-11-17-32(24-30)44-46-43(29-14-5-2-6-15-29)47-45(48-44)33-26-36(42-38(27-33)35-19-8-10-21-40(35)50-42)31-22-23-41-37(25-31)34-18-7-9-20-39(34)49-41/h1-9,11-20,22-27H,10,21H2. The summed E-state index contributed by atoms with van der Waals surface area (Å²) >= 11 is 3.79. The normalized spacial score (nSPS) is 12.6. The van der Waals surface area contributed by atoms with Crippen LogP contribution in [0.2, 0.25) is 0 Å². The molecule has 5 heteroatoms. The highest BCUT2D eigenvalue weighted by Gasteiger charge is 2.21. The average Bonchev–Trinajstić information content (AvgIpc) is 3.76. The van der Waals surface area contributed by atoms with Gasteiger partial charge in [0.1, 0.15) is 0 Å². The largest absolute Gasteiger partial charge is 0.208 e. The van der Waals surface area contributed by atoms with Gasteiger partial charge in [-0.1, -0.05) is 115 Å². The lowest BCUT2D eigenvalue weighted by Gasteiger charge is -2.12. The van der Waals surface area contributed by atoms with Gasteiger partial charge >= 0.3 is 0 Å². The van der Waals surface area contributed by atoms with Crippen molar-refractivity contribution in [3.8, 4) is 56.4 Å². The summed E-state index contributed by atoms with van der Waals surface area (Å²) < 4.78 is 3.94. The van der Waals surface area contributed by atoms with Crippen molar-refractivity contribution in [1.82, 2.24) is 15.0 Å². The molecule has 236 valence electrons. The zero-order valence-corrected chi connectivity index (χ0v) is 28.6. The Labute approximate surface area is 297 Å². The monoisotopic (exact) mass is 675 g/mol. The first-order valence-electron chi connectivity index (χ1n) is 16.9. The van der Waals surface area contributed by atoms with Crippen LogP contribution in [0.1, 0.15) is 16.9 Å². The van der Waals surface area contributed by atoms with Gasteiger partial charge in [-0.05, 0) is 71.5 Å². The van der Waals surface area contributed by atoms with Crippen molar-refractivity contribution in [2.75, 3.05) is 0 Å². The van der Waals surface area contributed by atoms with Crippen molar-refractivity contribution < 1.29 is 0 Å². The molecule has 0 N–H and O–H groups in total. The van der Waals surface area contributed by atoms with Crippen LogP contribution in [0.25, 0.3) is 92.8 Å². The summed E-state index contributed by atoms with van der Waals surface area (Å²) in [5.41, 5.74) is 8.95. The Kier molecular flexibility index (Phi) is 7.00. The fraction of sp³-hybridized carbons (Fsp3) is 0.0444. The molecule has 0 amide bonds. The first-order valence-corrected chi connectivity index (χ1v) is 18.5. The van der Waals surface area contributed by atoms with Gasteiger partial charge in [0.25, 0.3) is 0 Å². The number of benzene rings is 6. The van der Waals surface area contributed by atoms with Gasteiger partial charge in [0.05, 0.1) is 0 Å². The van der Waals surface area contributed by atoms with E-state index in [1.807, 2.05) is 46.9 Å². The molecular weight excluding hydrogens is 647 g/mol. The lowest BCUT2D eigenvalue weighted by atomic mass is 9.95. The smallest absolute Gasteiger partial charge is 0.164 e. The first-order chi connectivity index (χ1) is 24.7. The van der Waals surface area contributed by atoms with Gasteiger partial charge < -0.3 is 0 Å². The minimum Gasteiger partial charge on any atom is -0.208 e. The van der Waals surface area contributed by atoms with Gasteiger partial charge in [-0.25, -0.2) is 15.0 Å². The van der Waals surface area contributed by atoms with Crippen LogP contribution in [0.5, 0.6) is 0 Å². The molecule has 0 saturated heterocycles. The molecule has 3 aromatic heterocycles. The number of rotatable bonds is 5. The molecule has 10 rings (SSSR count).